The summed E-state index contributed by atoms with van der Waals surface area (Å²) in [7, 11) is 0. The first-order chi connectivity index (χ1) is 16.0. The number of hydrogen-bond acceptors (Lipinski definition) is 6. The lowest BCUT2D eigenvalue weighted by Gasteiger charge is -2.18. The van der Waals surface area contributed by atoms with Gasteiger partial charge in [-0.3, -0.25) is 10.1 Å². The topological polar surface area (TPSA) is 85.6 Å². The van der Waals surface area contributed by atoms with Gasteiger partial charge in [0.25, 0.3) is 5.91 Å². The standard InChI is InChI=1S/C24H18ClN3O4S/c1-13-2-6-19-18(10-13)27-23(32-19)16-12-15(4-5-17(16)25)26-24(33)28-22(29)14-3-7-20-21(11-14)31-9-8-30-20/h2-7,10-12H,8-9H2,1H3,(H2,26,28,29,33). The second-order valence-electron chi connectivity index (χ2n) is 7.45. The number of oxazole rings is 1. The van der Waals surface area contributed by atoms with Gasteiger partial charge in [0.2, 0.25) is 5.89 Å². The van der Waals surface area contributed by atoms with E-state index in [1.54, 1.807) is 36.4 Å². The van der Waals surface area contributed by atoms with Crippen molar-refractivity contribution < 1.29 is 18.7 Å². The zero-order valence-electron chi connectivity index (χ0n) is 17.5. The first-order valence-electron chi connectivity index (χ1n) is 10.2. The lowest BCUT2D eigenvalue weighted by Crippen LogP contribution is -2.34. The Kier molecular flexibility index (Phi) is 5.62. The molecule has 0 unspecified atom stereocenters. The number of ether oxygens (including phenoxy) is 2. The minimum atomic E-state index is -0.368. The average Bonchev–Trinajstić information content (AvgIpc) is 3.22. The summed E-state index contributed by atoms with van der Waals surface area (Å²) in [4.78, 5) is 17.2. The van der Waals surface area contributed by atoms with Crippen LogP contribution in [0.5, 0.6) is 11.5 Å². The van der Waals surface area contributed by atoms with Gasteiger partial charge in [-0.2, -0.15) is 0 Å². The van der Waals surface area contributed by atoms with Crippen molar-refractivity contribution in [2.45, 2.75) is 6.92 Å². The minimum Gasteiger partial charge on any atom is -0.486 e. The maximum Gasteiger partial charge on any atom is 0.257 e. The number of nitrogens with zero attached hydrogens (tertiary/aromatic N) is 1. The summed E-state index contributed by atoms with van der Waals surface area (Å²) in [5, 5.41) is 6.28. The molecule has 0 saturated heterocycles. The van der Waals surface area contributed by atoms with Crippen LogP contribution in [0.2, 0.25) is 5.02 Å². The molecule has 5 rings (SSSR count). The molecule has 166 valence electrons. The fraction of sp³-hybridized carbons (Fsp3) is 0.125. The molecule has 1 aliphatic rings. The van der Waals surface area contributed by atoms with E-state index in [1.807, 2.05) is 25.1 Å². The molecule has 0 fully saturated rings. The summed E-state index contributed by atoms with van der Waals surface area (Å²) >= 11 is 11.7. The number of nitrogens with one attached hydrogen (secondary N) is 2. The number of halogens is 1. The van der Waals surface area contributed by atoms with Gasteiger partial charge in [-0.15, -0.1) is 0 Å². The van der Waals surface area contributed by atoms with Crippen LogP contribution in [0.4, 0.5) is 5.69 Å². The number of rotatable bonds is 3. The van der Waals surface area contributed by atoms with Crippen LogP contribution < -0.4 is 20.1 Å². The van der Waals surface area contributed by atoms with Crippen molar-refractivity contribution in [2.24, 2.45) is 0 Å². The van der Waals surface area contributed by atoms with E-state index >= 15 is 0 Å². The van der Waals surface area contributed by atoms with E-state index in [9.17, 15) is 4.79 Å². The molecule has 33 heavy (non-hydrogen) atoms. The molecule has 2 heterocycles. The highest BCUT2D eigenvalue weighted by atomic mass is 35.5. The maximum absolute atomic E-state index is 12.6. The van der Waals surface area contributed by atoms with Gasteiger partial charge in [0.15, 0.2) is 22.2 Å². The Morgan fingerprint density at radius 1 is 1.03 bits per heavy atom. The van der Waals surface area contributed by atoms with Gasteiger partial charge in [-0.05, 0) is 73.2 Å². The van der Waals surface area contributed by atoms with Gasteiger partial charge in [-0.25, -0.2) is 4.98 Å². The number of fused-ring (bicyclic) bond motifs is 2. The van der Waals surface area contributed by atoms with Crippen molar-refractivity contribution in [2.75, 3.05) is 18.5 Å². The van der Waals surface area contributed by atoms with Crippen LogP contribution in [-0.2, 0) is 0 Å². The molecule has 0 radical (unpaired) electrons. The second-order valence-corrected chi connectivity index (χ2v) is 8.27. The normalized spacial score (nSPS) is 12.4. The van der Waals surface area contributed by atoms with E-state index < -0.39 is 0 Å². The van der Waals surface area contributed by atoms with Gasteiger partial charge in [-0.1, -0.05) is 17.7 Å². The van der Waals surface area contributed by atoms with E-state index in [0.717, 1.165) is 11.1 Å². The third-order valence-corrected chi connectivity index (χ3v) is 5.56. The van der Waals surface area contributed by atoms with Gasteiger partial charge in [0.1, 0.15) is 18.7 Å². The Bertz CT molecular complexity index is 1400. The van der Waals surface area contributed by atoms with Crippen LogP contribution >= 0.6 is 23.8 Å². The van der Waals surface area contributed by atoms with Gasteiger partial charge in [0, 0.05) is 11.3 Å². The number of carbonyl (C=O) groups is 1. The zero-order valence-corrected chi connectivity index (χ0v) is 19.0. The van der Waals surface area contributed by atoms with Crippen molar-refractivity contribution in [3.8, 4) is 23.0 Å². The van der Waals surface area contributed by atoms with Crippen LogP contribution in [0.15, 0.2) is 59.0 Å². The molecule has 0 saturated carbocycles. The van der Waals surface area contributed by atoms with Gasteiger partial charge in [0.05, 0.1) is 10.6 Å². The van der Waals surface area contributed by atoms with Crippen molar-refractivity contribution >= 4 is 51.6 Å². The fourth-order valence-corrected chi connectivity index (χ4v) is 3.85. The quantitative estimate of drug-likeness (QED) is 0.383. The summed E-state index contributed by atoms with van der Waals surface area (Å²) in [6.07, 6.45) is 0. The molecule has 1 amide bonds. The summed E-state index contributed by atoms with van der Waals surface area (Å²) in [5.41, 5.74) is 4.15. The average molecular weight is 480 g/mol. The first kappa shape index (κ1) is 21.2. The molecule has 1 aromatic heterocycles. The Balaban J connectivity index is 1.32. The number of carbonyl (C=O) groups excluding carboxylic acids is 1. The van der Waals surface area contributed by atoms with Crippen molar-refractivity contribution in [3.63, 3.8) is 0 Å². The predicted molar refractivity (Wildman–Crippen MR) is 130 cm³/mol. The third-order valence-electron chi connectivity index (χ3n) is 5.03. The van der Waals surface area contributed by atoms with Crippen molar-refractivity contribution in [3.05, 3.63) is 70.7 Å². The number of hydrogen-bond donors (Lipinski definition) is 2. The summed E-state index contributed by atoms with van der Waals surface area (Å²) in [5.74, 6) is 1.17. The number of amides is 1. The van der Waals surface area contributed by atoms with Gasteiger partial charge >= 0.3 is 0 Å². The summed E-state index contributed by atoms with van der Waals surface area (Å²) in [6, 6.07) is 16.0. The molecule has 4 aromatic rings. The van der Waals surface area contributed by atoms with Crippen LogP contribution in [0.25, 0.3) is 22.6 Å². The van der Waals surface area contributed by atoms with Crippen molar-refractivity contribution in [1.82, 2.24) is 10.3 Å². The maximum atomic E-state index is 12.6. The second kappa shape index (κ2) is 8.73. The van der Waals surface area contributed by atoms with Crippen LogP contribution in [-0.4, -0.2) is 29.2 Å². The number of anilines is 1. The number of thiocarbonyl (C=S) groups is 1. The van der Waals surface area contributed by atoms with Crippen molar-refractivity contribution in [1.29, 1.82) is 0 Å². The van der Waals surface area contributed by atoms with E-state index in [2.05, 4.69) is 15.6 Å². The Morgan fingerprint density at radius 2 is 1.85 bits per heavy atom. The highest BCUT2D eigenvalue weighted by molar-refractivity contribution is 7.80. The van der Waals surface area contributed by atoms with E-state index in [-0.39, 0.29) is 11.0 Å². The molecule has 7 nitrogen and oxygen atoms in total. The number of aryl methyl sites for hydroxylation is 1. The third kappa shape index (κ3) is 4.48. The first-order valence-corrected chi connectivity index (χ1v) is 10.9. The molecule has 0 aliphatic carbocycles. The highest BCUT2D eigenvalue weighted by Gasteiger charge is 2.17. The van der Waals surface area contributed by atoms with E-state index in [1.165, 1.54) is 0 Å². The van der Waals surface area contributed by atoms with Crippen LogP contribution in [0, 0.1) is 6.92 Å². The lowest BCUT2D eigenvalue weighted by molar-refractivity contribution is 0.0976. The highest BCUT2D eigenvalue weighted by Crippen LogP contribution is 2.33. The molecule has 0 bridgehead atoms. The Hall–Kier alpha value is -3.62. The molecule has 2 N–H and O–H groups in total. The fourth-order valence-electron chi connectivity index (χ4n) is 3.44. The SMILES string of the molecule is Cc1ccc2oc(-c3cc(NC(=S)NC(=O)c4ccc5c(c4)OCCO5)ccc3Cl)nc2c1. The van der Waals surface area contributed by atoms with Gasteiger partial charge < -0.3 is 19.2 Å². The molecule has 0 atom stereocenters. The summed E-state index contributed by atoms with van der Waals surface area (Å²) < 4.78 is 16.9. The zero-order chi connectivity index (χ0) is 22.9. The summed E-state index contributed by atoms with van der Waals surface area (Å²) in [6.45, 7) is 2.92. The van der Waals surface area contributed by atoms with Crippen LogP contribution in [0.1, 0.15) is 15.9 Å². The smallest absolute Gasteiger partial charge is 0.257 e. The molecule has 1 aliphatic heterocycles. The molecular formula is C24H18ClN3O4S. The minimum absolute atomic E-state index is 0.136. The van der Waals surface area contributed by atoms with E-state index in [4.69, 9.17) is 37.7 Å². The molecule has 3 aromatic carbocycles. The lowest BCUT2D eigenvalue weighted by atomic mass is 10.2. The molecule has 9 heteroatoms. The predicted octanol–water partition coefficient (Wildman–Crippen LogP) is 5.35. The number of aromatic nitrogens is 1. The van der Waals surface area contributed by atoms with Crippen LogP contribution in [0.3, 0.4) is 0 Å². The Morgan fingerprint density at radius 3 is 2.70 bits per heavy atom. The Labute approximate surface area is 199 Å². The number of benzene rings is 3. The largest absolute Gasteiger partial charge is 0.486 e. The van der Waals surface area contributed by atoms with E-state index in [0.29, 0.717) is 58.0 Å². The monoisotopic (exact) mass is 479 g/mol. The molecular weight excluding hydrogens is 462 g/mol. The molecule has 0 spiro atoms.